The summed E-state index contributed by atoms with van der Waals surface area (Å²) in [6, 6.07) is 0.102. The minimum absolute atomic E-state index is 0.102. The van der Waals surface area contributed by atoms with Crippen molar-refractivity contribution in [2.45, 2.75) is 25.7 Å². The summed E-state index contributed by atoms with van der Waals surface area (Å²) >= 11 is 0. The molecule has 3 nitrogen and oxygen atoms in total. The van der Waals surface area contributed by atoms with Crippen LogP contribution in [-0.2, 0) is 0 Å². The van der Waals surface area contributed by atoms with Crippen molar-refractivity contribution in [1.29, 1.82) is 0 Å². The second-order valence-electron chi connectivity index (χ2n) is 4.24. The molecule has 3 heteroatoms. The van der Waals surface area contributed by atoms with E-state index >= 15 is 0 Å². The van der Waals surface area contributed by atoms with E-state index in [1.807, 2.05) is 4.90 Å². The summed E-state index contributed by atoms with van der Waals surface area (Å²) in [7, 11) is 1.71. The largest absolute Gasteiger partial charge is 0.341 e. The molecule has 0 aromatic rings. The van der Waals surface area contributed by atoms with Gasteiger partial charge in [0.15, 0.2) is 0 Å². The molecule has 74 valence electrons. The number of carbonyl (C=O) groups excluding carboxylic acids is 1. The summed E-state index contributed by atoms with van der Waals surface area (Å²) in [5, 5.41) is 2.70. The van der Waals surface area contributed by atoms with Crippen LogP contribution >= 0.6 is 0 Å². The topological polar surface area (TPSA) is 32.3 Å². The first kappa shape index (κ1) is 8.85. The van der Waals surface area contributed by atoms with E-state index < -0.39 is 0 Å². The van der Waals surface area contributed by atoms with Crippen LogP contribution in [-0.4, -0.2) is 31.1 Å². The average Bonchev–Trinajstić information content (AvgIpc) is 3.00. The van der Waals surface area contributed by atoms with Crippen molar-refractivity contribution in [3.05, 3.63) is 0 Å². The number of nitrogens with zero attached hydrogens (tertiary/aromatic N) is 1. The lowest BCUT2D eigenvalue weighted by molar-refractivity contribution is 0.160. The van der Waals surface area contributed by atoms with E-state index in [4.69, 9.17) is 0 Å². The lowest BCUT2D eigenvalue weighted by Gasteiger charge is -2.32. The van der Waals surface area contributed by atoms with Gasteiger partial charge in [-0.1, -0.05) is 0 Å². The third kappa shape index (κ3) is 1.95. The van der Waals surface area contributed by atoms with Crippen LogP contribution in [0.15, 0.2) is 0 Å². The van der Waals surface area contributed by atoms with Crippen molar-refractivity contribution >= 4 is 6.03 Å². The monoisotopic (exact) mass is 182 g/mol. The van der Waals surface area contributed by atoms with Crippen molar-refractivity contribution in [1.82, 2.24) is 10.2 Å². The Morgan fingerprint density at radius 1 is 1.31 bits per heavy atom. The molecular formula is C10H18N2O. The van der Waals surface area contributed by atoms with Gasteiger partial charge in [-0.3, -0.25) is 0 Å². The van der Waals surface area contributed by atoms with E-state index in [1.165, 1.54) is 25.7 Å². The van der Waals surface area contributed by atoms with Crippen LogP contribution < -0.4 is 5.32 Å². The number of hydrogen-bond acceptors (Lipinski definition) is 1. The van der Waals surface area contributed by atoms with E-state index in [0.717, 1.165) is 24.9 Å². The number of likely N-dealkylation sites (tertiary alicyclic amines) is 1. The van der Waals surface area contributed by atoms with E-state index in [0.29, 0.717) is 0 Å². The SMILES string of the molecule is CNC(=O)N1CCCC(C2CC2)C1. The van der Waals surface area contributed by atoms with Gasteiger partial charge >= 0.3 is 6.03 Å². The van der Waals surface area contributed by atoms with Gasteiger partial charge in [0, 0.05) is 20.1 Å². The molecule has 2 aliphatic rings. The molecular weight excluding hydrogens is 164 g/mol. The van der Waals surface area contributed by atoms with Gasteiger partial charge in [-0.15, -0.1) is 0 Å². The van der Waals surface area contributed by atoms with Crippen LogP contribution in [0.25, 0.3) is 0 Å². The smallest absolute Gasteiger partial charge is 0.317 e. The summed E-state index contributed by atoms with van der Waals surface area (Å²) in [5.74, 6) is 1.73. The summed E-state index contributed by atoms with van der Waals surface area (Å²) in [6.07, 6.45) is 5.31. The molecule has 2 fully saturated rings. The molecule has 0 spiro atoms. The first-order valence-electron chi connectivity index (χ1n) is 5.28. The van der Waals surface area contributed by atoms with Crippen LogP contribution in [0.4, 0.5) is 4.79 Å². The summed E-state index contributed by atoms with van der Waals surface area (Å²) < 4.78 is 0. The number of urea groups is 1. The van der Waals surface area contributed by atoms with Crippen LogP contribution in [0, 0.1) is 11.8 Å². The van der Waals surface area contributed by atoms with Gasteiger partial charge in [-0.2, -0.15) is 0 Å². The minimum atomic E-state index is 0.102. The molecule has 0 radical (unpaired) electrons. The second kappa shape index (κ2) is 3.56. The zero-order chi connectivity index (χ0) is 9.26. The zero-order valence-electron chi connectivity index (χ0n) is 8.25. The highest BCUT2D eigenvalue weighted by atomic mass is 16.2. The molecule has 1 saturated heterocycles. The molecule has 0 aromatic carbocycles. The molecule has 2 rings (SSSR count). The van der Waals surface area contributed by atoms with Gasteiger partial charge in [0.2, 0.25) is 0 Å². The number of nitrogens with one attached hydrogen (secondary N) is 1. The van der Waals surface area contributed by atoms with Crippen molar-refractivity contribution in [3.8, 4) is 0 Å². The van der Waals surface area contributed by atoms with Crippen molar-refractivity contribution in [2.24, 2.45) is 11.8 Å². The number of rotatable bonds is 1. The lowest BCUT2D eigenvalue weighted by atomic mass is 9.94. The van der Waals surface area contributed by atoms with Crippen LogP contribution in [0.2, 0.25) is 0 Å². The Hall–Kier alpha value is -0.730. The Labute approximate surface area is 79.5 Å². The number of carbonyl (C=O) groups is 1. The van der Waals surface area contributed by atoms with Crippen molar-refractivity contribution in [3.63, 3.8) is 0 Å². The average molecular weight is 182 g/mol. The summed E-state index contributed by atoms with van der Waals surface area (Å²) in [4.78, 5) is 13.3. The third-order valence-electron chi connectivity index (χ3n) is 3.25. The molecule has 1 aliphatic heterocycles. The maximum Gasteiger partial charge on any atom is 0.317 e. The van der Waals surface area contributed by atoms with Gasteiger partial charge in [-0.05, 0) is 37.5 Å². The summed E-state index contributed by atoms with van der Waals surface area (Å²) in [5.41, 5.74) is 0. The third-order valence-corrected chi connectivity index (χ3v) is 3.25. The standard InChI is InChI=1S/C10H18N2O/c1-11-10(13)12-6-2-3-9(7-12)8-4-5-8/h8-9H,2-7H2,1H3,(H,11,13). The Bertz CT molecular complexity index is 201. The van der Waals surface area contributed by atoms with Gasteiger partial charge in [0.25, 0.3) is 0 Å². The Morgan fingerprint density at radius 3 is 2.69 bits per heavy atom. The predicted molar refractivity (Wildman–Crippen MR) is 51.5 cm³/mol. The van der Waals surface area contributed by atoms with Crippen LogP contribution in [0.1, 0.15) is 25.7 Å². The van der Waals surface area contributed by atoms with Crippen molar-refractivity contribution in [2.75, 3.05) is 20.1 Å². The van der Waals surface area contributed by atoms with Crippen molar-refractivity contribution < 1.29 is 4.79 Å². The van der Waals surface area contributed by atoms with E-state index in [9.17, 15) is 4.79 Å². The molecule has 0 aromatic heterocycles. The molecule has 1 atom stereocenters. The molecule has 1 N–H and O–H groups in total. The van der Waals surface area contributed by atoms with E-state index in [-0.39, 0.29) is 6.03 Å². The fourth-order valence-electron chi connectivity index (χ4n) is 2.30. The predicted octanol–water partition coefficient (Wildman–Crippen LogP) is 1.45. The molecule has 2 amide bonds. The first-order valence-corrected chi connectivity index (χ1v) is 5.28. The fraction of sp³-hybridized carbons (Fsp3) is 0.900. The maximum absolute atomic E-state index is 11.4. The first-order chi connectivity index (χ1) is 6.31. The molecule has 1 saturated carbocycles. The molecule has 13 heavy (non-hydrogen) atoms. The van der Waals surface area contributed by atoms with Gasteiger partial charge in [0.05, 0.1) is 0 Å². The van der Waals surface area contributed by atoms with Crippen LogP contribution in [0.3, 0.4) is 0 Å². The minimum Gasteiger partial charge on any atom is -0.341 e. The molecule has 1 heterocycles. The fourth-order valence-corrected chi connectivity index (χ4v) is 2.30. The normalized spacial score (nSPS) is 28.7. The quantitative estimate of drug-likeness (QED) is 0.654. The molecule has 0 bridgehead atoms. The lowest BCUT2D eigenvalue weighted by Crippen LogP contribution is -2.44. The van der Waals surface area contributed by atoms with Gasteiger partial charge in [-0.25, -0.2) is 4.79 Å². The second-order valence-corrected chi connectivity index (χ2v) is 4.24. The van der Waals surface area contributed by atoms with Gasteiger partial charge < -0.3 is 10.2 Å². The zero-order valence-corrected chi connectivity index (χ0v) is 8.25. The Balaban J connectivity index is 1.87. The number of hydrogen-bond donors (Lipinski definition) is 1. The number of amides is 2. The molecule has 1 unspecified atom stereocenters. The highest BCUT2D eigenvalue weighted by molar-refractivity contribution is 5.73. The van der Waals surface area contributed by atoms with E-state index in [2.05, 4.69) is 5.32 Å². The number of piperidine rings is 1. The Kier molecular flexibility index (Phi) is 2.42. The van der Waals surface area contributed by atoms with E-state index in [1.54, 1.807) is 7.05 Å². The molecule has 1 aliphatic carbocycles. The maximum atomic E-state index is 11.4. The Morgan fingerprint density at radius 2 is 2.08 bits per heavy atom. The highest BCUT2D eigenvalue weighted by Crippen LogP contribution is 2.40. The highest BCUT2D eigenvalue weighted by Gasteiger charge is 2.34. The summed E-state index contributed by atoms with van der Waals surface area (Å²) in [6.45, 7) is 1.94. The van der Waals surface area contributed by atoms with Crippen LogP contribution in [0.5, 0.6) is 0 Å². The van der Waals surface area contributed by atoms with Gasteiger partial charge in [0.1, 0.15) is 0 Å².